The Balaban J connectivity index is 3.04. The van der Waals surface area contributed by atoms with Crippen molar-refractivity contribution in [1.82, 2.24) is 0 Å². The molecule has 1 rings (SSSR count). The lowest BCUT2D eigenvalue weighted by Gasteiger charge is -1.84. The Hall–Kier alpha value is -1.81. The molecule has 0 spiro atoms. The van der Waals surface area contributed by atoms with E-state index in [1.54, 1.807) is 5.87 Å². The van der Waals surface area contributed by atoms with Gasteiger partial charge in [-0.2, -0.15) is 0 Å². The van der Waals surface area contributed by atoms with Crippen LogP contribution in [0.2, 0.25) is 0 Å². The van der Waals surface area contributed by atoms with Crippen LogP contribution in [0.25, 0.3) is 0 Å². The van der Waals surface area contributed by atoms with E-state index in [1.165, 1.54) is 0 Å². The summed E-state index contributed by atoms with van der Waals surface area (Å²) in [6, 6.07) is 0. The van der Waals surface area contributed by atoms with Crippen LogP contribution in [0.1, 0.15) is 0 Å². The number of aliphatic carboxylic acids is 1. The first-order chi connectivity index (χ1) is 4.75. The average Bonchev–Trinajstić information content (AvgIpc) is 2.33. The largest absolute Gasteiger partial charge is 0.476 e. The zero-order valence-electron chi connectivity index (χ0n) is 4.70. The van der Waals surface area contributed by atoms with Gasteiger partial charge in [0.15, 0.2) is 5.70 Å². The molecular formula is C4H2N4O2. The molecule has 1 aliphatic heterocycles. The van der Waals surface area contributed by atoms with Gasteiger partial charge in [0, 0.05) is 5.87 Å². The van der Waals surface area contributed by atoms with Gasteiger partial charge >= 0.3 is 5.97 Å². The number of hydrogen-bond acceptors (Lipinski definition) is 5. The maximum atomic E-state index is 10.2. The quantitative estimate of drug-likeness (QED) is 0.499. The smallest absolute Gasteiger partial charge is 0.359 e. The fraction of sp³-hybridized carbons (Fsp3) is 0. The maximum Gasteiger partial charge on any atom is 0.359 e. The third-order valence-corrected chi connectivity index (χ3v) is 0.835. The molecule has 2 N–H and O–H groups in total. The van der Waals surface area contributed by atoms with E-state index in [1.807, 2.05) is 0 Å². The molecule has 0 saturated heterocycles. The Bertz CT molecular complexity index is 284. The van der Waals surface area contributed by atoms with Crippen LogP contribution in [0.5, 0.6) is 0 Å². The van der Waals surface area contributed by atoms with Gasteiger partial charge in [-0.3, -0.25) is 5.41 Å². The molecule has 0 atom stereocenters. The van der Waals surface area contributed by atoms with Crippen molar-refractivity contribution in [3.63, 3.8) is 0 Å². The van der Waals surface area contributed by atoms with E-state index in [4.69, 9.17) is 10.5 Å². The molecule has 0 unspecified atom stereocenters. The van der Waals surface area contributed by atoms with Gasteiger partial charge in [-0.25, -0.2) is 4.79 Å². The predicted octanol–water partition coefficient (Wildman–Crippen LogP) is 0.0252. The van der Waals surface area contributed by atoms with Crippen molar-refractivity contribution in [2.75, 3.05) is 0 Å². The molecule has 1 aliphatic rings. The van der Waals surface area contributed by atoms with E-state index in [2.05, 4.69) is 15.4 Å². The van der Waals surface area contributed by atoms with E-state index < -0.39 is 5.97 Å². The lowest BCUT2D eigenvalue weighted by molar-refractivity contribution is -0.129. The minimum absolute atomic E-state index is 0.146. The molecule has 1 heterocycles. The van der Waals surface area contributed by atoms with E-state index in [-0.39, 0.29) is 11.4 Å². The van der Waals surface area contributed by atoms with E-state index in [0.29, 0.717) is 0 Å². The second kappa shape index (κ2) is 2.20. The topological polar surface area (TPSA) is 98.2 Å². The Morgan fingerprint density at radius 2 is 2.40 bits per heavy atom. The fourth-order valence-electron chi connectivity index (χ4n) is 0.435. The normalized spacial score (nSPS) is 14.8. The SMILES string of the molecule is N=C=C1N=NN=C1C(=O)O. The summed E-state index contributed by atoms with van der Waals surface area (Å²) in [6.45, 7) is 0. The lowest BCUT2D eigenvalue weighted by atomic mass is 10.3. The van der Waals surface area contributed by atoms with Crippen LogP contribution >= 0.6 is 0 Å². The molecule has 0 saturated carbocycles. The minimum atomic E-state index is -1.25. The summed E-state index contributed by atoms with van der Waals surface area (Å²) in [6.07, 6.45) is 0. The second-order valence-electron chi connectivity index (χ2n) is 1.42. The van der Waals surface area contributed by atoms with Gasteiger partial charge in [-0.15, -0.1) is 10.2 Å². The van der Waals surface area contributed by atoms with E-state index in [9.17, 15) is 4.79 Å². The second-order valence-corrected chi connectivity index (χ2v) is 1.42. The van der Waals surface area contributed by atoms with Gasteiger partial charge in [0.25, 0.3) is 0 Å². The zero-order valence-corrected chi connectivity index (χ0v) is 4.70. The van der Waals surface area contributed by atoms with Gasteiger partial charge in [0.2, 0.25) is 5.71 Å². The summed E-state index contributed by atoms with van der Waals surface area (Å²) in [5.74, 6) is 0.540. The van der Waals surface area contributed by atoms with Crippen LogP contribution < -0.4 is 0 Å². The Morgan fingerprint density at radius 3 is 2.80 bits per heavy atom. The first-order valence-corrected chi connectivity index (χ1v) is 2.27. The Labute approximate surface area is 55.1 Å². The van der Waals surface area contributed by atoms with Crippen molar-refractivity contribution < 1.29 is 9.90 Å². The molecule has 0 aliphatic carbocycles. The number of rotatable bonds is 1. The summed E-state index contributed by atoms with van der Waals surface area (Å²) in [5.41, 5.74) is -0.484. The van der Waals surface area contributed by atoms with Gasteiger partial charge in [-0.05, 0) is 5.22 Å². The van der Waals surface area contributed by atoms with E-state index in [0.717, 1.165) is 0 Å². The highest BCUT2D eigenvalue weighted by Gasteiger charge is 2.19. The van der Waals surface area contributed by atoms with Gasteiger partial charge in [0.05, 0.1) is 0 Å². The van der Waals surface area contributed by atoms with Crippen molar-refractivity contribution in [3.8, 4) is 0 Å². The van der Waals surface area contributed by atoms with E-state index >= 15 is 0 Å². The van der Waals surface area contributed by atoms with Crippen LogP contribution in [0, 0.1) is 5.41 Å². The molecule has 50 valence electrons. The summed E-state index contributed by atoms with van der Waals surface area (Å²) in [5, 5.41) is 24.3. The molecule has 0 fully saturated rings. The molecular weight excluding hydrogens is 136 g/mol. The molecule has 0 aromatic carbocycles. The maximum absolute atomic E-state index is 10.2. The van der Waals surface area contributed by atoms with Crippen molar-refractivity contribution in [1.29, 1.82) is 5.41 Å². The van der Waals surface area contributed by atoms with Crippen LogP contribution in [-0.2, 0) is 4.79 Å². The lowest BCUT2D eigenvalue weighted by Crippen LogP contribution is -2.12. The standard InChI is InChI=1S/C4H2N4O2/c5-1-2-3(4(9)10)7-8-6-2/h5H,(H,9,10). The summed E-state index contributed by atoms with van der Waals surface area (Å²) < 4.78 is 0. The third kappa shape index (κ3) is 0.828. The molecule has 6 heteroatoms. The third-order valence-electron chi connectivity index (χ3n) is 0.835. The van der Waals surface area contributed by atoms with Crippen LogP contribution in [-0.4, -0.2) is 22.7 Å². The highest BCUT2D eigenvalue weighted by Crippen LogP contribution is 2.05. The van der Waals surface area contributed by atoms with Crippen molar-refractivity contribution >= 4 is 17.6 Å². The number of nitrogens with zero attached hydrogens (tertiary/aromatic N) is 3. The number of carbonyl (C=O) groups is 1. The zero-order chi connectivity index (χ0) is 7.56. The monoisotopic (exact) mass is 138 g/mol. The van der Waals surface area contributed by atoms with Crippen molar-refractivity contribution in [2.24, 2.45) is 15.4 Å². The summed E-state index contributed by atoms with van der Waals surface area (Å²) in [7, 11) is 0. The highest BCUT2D eigenvalue weighted by molar-refractivity contribution is 6.44. The molecule has 0 bridgehead atoms. The first-order valence-electron chi connectivity index (χ1n) is 2.27. The molecule has 0 radical (unpaired) electrons. The number of carboxylic acids is 1. The number of hydrogen-bond donors (Lipinski definition) is 2. The molecule has 0 amide bonds. The first kappa shape index (κ1) is 6.31. The fourth-order valence-corrected chi connectivity index (χ4v) is 0.435. The van der Waals surface area contributed by atoms with Gasteiger partial charge in [0.1, 0.15) is 0 Å². The molecule has 0 aromatic heterocycles. The summed E-state index contributed by atoms with van der Waals surface area (Å²) in [4.78, 5) is 10.2. The Kier molecular flexibility index (Phi) is 1.39. The van der Waals surface area contributed by atoms with Gasteiger partial charge < -0.3 is 5.11 Å². The van der Waals surface area contributed by atoms with Crippen LogP contribution in [0.15, 0.2) is 21.1 Å². The van der Waals surface area contributed by atoms with Crippen molar-refractivity contribution in [2.45, 2.75) is 0 Å². The van der Waals surface area contributed by atoms with Crippen LogP contribution in [0.3, 0.4) is 0 Å². The number of carboxylic acid groups (broad SMARTS) is 1. The summed E-state index contributed by atoms with van der Waals surface area (Å²) >= 11 is 0. The predicted molar refractivity (Wildman–Crippen MR) is 31.2 cm³/mol. The average molecular weight is 138 g/mol. The van der Waals surface area contributed by atoms with Crippen LogP contribution in [0.4, 0.5) is 0 Å². The Morgan fingerprint density at radius 1 is 1.70 bits per heavy atom. The highest BCUT2D eigenvalue weighted by atomic mass is 16.4. The molecule has 0 aromatic rings. The molecule has 10 heavy (non-hydrogen) atoms. The molecule has 6 nitrogen and oxygen atoms in total. The van der Waals surface area contributed by atoms with Crippen molar-refractivity contribution in [3.05, 3.63) is 5.70 Å². The minimum Gasteiger partial charge on any atom is -0.476 e. The van der Waals surface area contributed by atoms with Gasteiger partial charge in [-0.1, -0.05) is 0 Å². The number of nitrogens with one attached hydrogen (secondary N) is 1.